The van der Waals surface area contributed by atoms with Crippen LogP contribution in [0, 0.1) is 30.9 Å². The Morgan fingerprint density at radius 3 is 2.45 bits per heavy atom. The molecule has 2 N–H and O–H groups in total. The minimum Gasteiger partial charge on any atom is -0.999 e. The molecule has 5 aromatic rings. The van der Waals surface area contributed by atoms with Gasteiger partial charge in [-0.3, -0.25) is 19.9 Å². The number of carbonyl (C=O) groups is 2. The first-order valence-corrected chi connectivity index (χ1v) is 8.54. The Balaban J connectivity index is 0.000000297. The van der Waals surface area contributed by atoms with Crippen molar-refractivity contribution in [1.82, 2.24) is 15.3 Å². The molecule has 1 aliphatic rings. The van der Waals surface area contributed by atoms with Crippen LogP contribution in [-0.4, -0.2) is 21.9 Å². The largest absolute Gasteiger partial charge is 7.00 e. The van der Waals surface area contributed by atoms with E-state index >= 15 is 0 Å². The van der Waals surface area contributed by atoms with Crippen molar-refractivity contribution in [3.63, 3.8) is 0 Å². The van der Waals surface area contributed by atoms with E-state index in [2.05, 4.69) is 46.2 Å². The van der Waals surface area contributed by atoms with Crippen LogP contribution < -0.4 is 10.3 Å². The number of carbonyl (C=O) groups excluding carboxylic acids is 2. The predicted molar refractivity (Wildman–Crippen MR) is 105 cm³/mol. The summed E-state index contributed by atoms with van der Waals surface area (Å²) in [5.74, 6) is -0.802. The van der Waals surface area contributed by atoms with Crippen molar-refractivity contribution in [3.8, 4) is 5.75 Å². The fraction of sp³-hybridized carbons (Fsp3) is 0. The second kappa shape index (κ2) is 8.99. The molecular formula is C23H9N3O4Os+. The van der Waals surface area contributed by atoms with Crippen molar-refractivity contribution in [2.24, 2.45) is 0 Å². The first-order chi connectivity index (χ1) is 14.6. The van der Waals surface area contributed by atoms with Crippen molar-refractivity contribution in [3.05, 3.63) is 84.6 Å². The SMILES string of the molecule is O=C1NC(=O)c2c1c1cccnc1c1[n-]c3ccc(O)cc3c21.[C-]#[O+].[Os+7].[c-]1[c-][c-][cH-][c-]1. The molecule has 3 aromatic carbocycles. The van der Waals surface area contributed by atoms with Crippen molar-refractivity contribution < 1.29 is 39.1 Å². The van der Waals surface area contributed by atoms with Crippen LogP contribution in [0.4, 0.5) is 0 Å². The number of fused-ring (bicyclic) bond motifs is 8. The van der Waals surface area contributed by atoms with Gasteiger partial charge < -0.3 is 40.4 Å². The number of imide groups is 1. The van der Waals surface area contributed by atoms with Crippen LogP contribution in [0.1, 0.15) is 20.7 Å². The molecule has 2 amide bonds. The maximum Gasteiger partial charge on any atom is 7.00 e. The number of rotatable bonds is 0. The second-order valence-electron chi connectivity index (χ2n) is 6.15. The zero-order chi connectivity index (χ0) is 21.3. The molecule has 0 bridgehead atoms. The summed E-state index contributed by atoms with van der Waals surface area (Å²) < 4.78 is 7.50. The molecule has 147 valence electrons. The number of amides is 2. The number of aromatic nitrogens is 2. The number of hydrogen-bond donors (Lipinski definition) is 2. The summed E-state index contributed by atoms with van der Waals surface area (Å²) in [7, 11) is 0. The van der Waals surface area contributed by atoms with Gasteiger partial charge in [0.25, 0.3) is 11.8 Å². The summed E-state index contributed by atoms with van der Waals surface area (Å²) in [4.78, 5) is 33.5. The summed E-state index contributed by atoms with van der Waals surface area (Å²) in [6.45, 7) is 4.50. The van der Waals surface area contributed by atoms with Crippen LogP contribution in [0.3, 0.4) is 0 Å². The van der Waals surface area contributed by atoms with Crippen molar-refractivity contribution >= 4 is 44.5 Å². The minimum atomic E-state index is -0.446. The van der Waals surface area contributed by atoms with E-state index in [0.717, 1.165) is 0 Å². The zero-order valence-electron chi connectivity index (χ0n) is 15.5. The quantitative estimate of drug-likeness (QED) is 0.166. The van der Waals surface area contributed by atoms with Crippen LogP contribution in [-0.2, 0) is 24.4 Å². The predicted octanol–water partition coefficient (Wildman–Crippen LogP) is 2.65. The molecule has 8 heteroatoms. The fourth-order valence-corrected chi connectivity index (χ4v) is 3.48. The van der Waals surface area contributed by atoms with Gasteiger partial charge in [0.15, 0.2) is 0 Å². The van der Waals surface area contributed by atoms with E-state index in [1.165, 1.54) is 6.07 Å². The van der Waals surface area contributed by atoms with Crippen LogP contribution >= 0.6 is 0 Å². The molecule has 31 heavy (non-hydrogen) atoms. The summed E-state index contributed by atoms with van der Waals surface area (Å²) >= 11 is 0. The maximum absolute atomic E-state index is 12.3. The van der Waals surface area contributed by atoms with E-state index in [1.807, 2.05) is 0 Å². The smallest absolute Gasteiger partial charge is 0.999 e. The first kappa shape index (κ1) is 22.0. The van der Waals surface area contributed by atoms with Crippen molar-refractivity contribution in [2.75, 3.05) is 0 Å². The summed E-state index contributed by atoms with van der Waals surface area (Å²) in [6, 6.07) is 20.3. The van der Waals surface area contributed by atoms with E-state index in [-0.39, 0.29) is 25.5 Å². The molecule has 0 aliphatic carbocycles. The maximum atomic E-state index is 12.3. The monoisotopic (exact) mass is 583 g/mol. The molecule has 1 aliphatic heterocycles. The number of aromatic hydroxyl groups is 1. The van der Waals surface area contributed by atoms with E-state index < -0.39 is 11.8 Å². The van der Waals surface area contributed by atoms with Gasteiger partial charge >= 0.3 is 31.1 Å². The Bertz CT molecular complexity index is 1420. The Morgan fingerprint density at radius 1 is 1.06 bits per heavy atom. The normalized spacial score (nSPS) is 11.7. The van der Waals surface area contributed by atoms with Crippen molar-refractivity contribution in [1.29, 1.82) is 0 Å². The Labute approximate surface area is 189 Å². The van der Waals surface area contributed by atoms with E-state index in [4.69, 9.17) is 4.65 Å². The third-order valence-corrected chi connectivity index (χ3v) is 4.55. The number of phenolic OH excluding ortho intramolecular Hbond substituents is 1. The first-order valence-electron chi connectivity index (χ1n) is 8.54. The van der Waals surface area contributed by atoms with Crippen LogP contribution in [0.25, 0.3) is 32.7 Å². The molecule has 7 nitrogen and oxygen atoms in total. The van der Waals surface area contributed by atoms with Crippen LogP contribution in [0.5, 0.6) is 5.75 Å². The summed E-state index contributed by atoms with van der Waals surface area (Å²) in [5, 5.41) is 13.9. The third kappa shape index (κ3) is 3.65. The van der Waals surface area contributed by atoms with Gasteiger partial charge in [-0.25, -0.2) is 0 Å². The third-order valence-electron chi connectivity index (χ3n) is 4.55. The van der Waals surface area contributed by atoms with Gasteiger partial charge in [-0.05, 0) is 29.0 Å². The van der Waals surface area contributed by atoms with Gasteiger partial charge in [-0.1, -0.05) is 12.1 Å². The van der Waals surface area contributed by atoms with Gasteiger partial charge in [-0.2, -0.15) is 0 Å². The molecule has 0 unspecified atom stereocenters. The van der Waals surface area contributed by atoms with Crippen molar-refractivity contribution in [2.45, 2.75) is 0 Å². The number of phenols is 1. The van der Waals surface area contributed by atoms with E-state index in [1.54, 1.807) is 36.5 Å². The van der Waals surface area contributed by atoms with Gasteiger partial charge in [0, 0.05) is 11.6 Å². The molecule has 0 saturated heterocycles. The molecule has 3 heterocycles. The molecule has 6 rings (SSSR count). The number of pyridine rings is 1. The summed E-state index contributed by atoms with van der Waals surface area (Å²) in [6.07, 6.45) is 1.62. The number of hydrogen-bond acceptors (Lipinski definition) is 4. The average molecular weight is 582 g/mol. The topological polar surface area (TPSA) is 113 Å². The Morgan fingerprint density at radius 2 is 1.77 bits per heavy atom. The van der Waals surface area contributed by atoms with Gasteiger partial charge in [0.2, 0.25) is 0 Å². The second-order valence-corrected chi connectivity index (χ2v) is 6.15. The molecular weight excluding hydrogens is 572 g/mol. The molecule has 2 aromatic heterocycles. The zero-order valence-corrected chi connectivity index (χ0v) is 18.0. The fourth-order valence-electron chi connectivity index (χ4n) is 3.48. The van der Waals surface area contributed by atoms with Gasteiger partial charge in [0.1, 0.15) is 5.75 Å². The number of nitrogens with one attached hydrogen (secondary N) is 1. The van der Waals surface area contributed by atoms with Crippen LogP contribution in [0.2, 0.25) is 0 Å². The minimum absolute atomic E-state index is 0. The molecule has 0 saturated carbocycles. The Kier molecular flexibility index (Phi) is 6.38. The number of benzene rings is 2. The van der Waals surface area contributed by atoms with Gasteiger partial charge in [-0.15, -0.1) is 11.0 Å². The Hall–Kier alpha value is -3.68. The average Bonchev–Trinajstić information content (AvgIpc) is 3.50. The molecule has 0 atom stereocenters. The number of nitrogens with zero attached hydrogens (tertiary/aromatic N) is 2. The molecule has 0 spiro atoms. The molecule has 1 radical (unpaired) electrons. The molecule has 0 fully saturated rings. The van der Waals surface area contributed by atoms with E-state index in [0.29, 0.717) is 43.8 Å². The van der Waals surface area contributed by atoms with Crippen LogP contribution in [0.15, 0.2) is 42.6 Å². The van der Waals surface area contributed by atoms with Gasteiger partial charge in [0.05, 0.1) is 16.6 Å². The summed E-state index contributed by atoms with van der Waals surface area (Å²) in [5.41, 5.74) is 2.40. The van der Waals surface area contributed by atoms with E-state index in [9.17, 15) is 14.7 Å². The standard InChI is InChI=1S/C17H9N3O3.C5H.CO.Os/c21-7-3-4-10-9(6-7)11-13-12(16(22)20-17(13)23)8-2-1-5-18-14(8)15(11)19-10;1-2-4-5-3-1;1-2;/h1-6H,(H3,18,19,20,21,22,23);1H;;/q;-5;;+7/p-1.